The number of hydrogen-bond donors (Lipinski definition) is 2. The molecule has 0 atom stereocenters. The number of carbonyl (C=O) groups is 1. The van der Waals surface area contributed by atoms with Gasteiger partial charge in [-0.2, -0.15) is 0 Å². The topological polar surface area (TPSA) is 101 Å². The summed E-state index contributed by atoms with van der Waals surface area (Å²) in [6, 6.07) is 9.91. The molecule has 0 amide bonds. The number of sulfone groups is 1. The number of hydrogen-bond acceptors (Lipinski definition) is 5. The van der Waals surface area contributed by atoms with Crippen LogP contribution >= 0.6 is 11.6 Å². The van der Waals surface area contributed by atoms with E-state index in [1.54, 1.807) is 0 Å². The van der Waals surface area contributed by atoms with Gasteiger partial charge in [0.05, 0.1) is 17.3 Å². The predicted molar refractivity (Wildman–Crippen MR) is 93.3 cm³/mol. The molecular formula is C17H17ClO6S. The molecule has 134 valence electrons. The highest BCUT2D eigenvalue weighted by Crippen LogP contribution is 2.24. The summed E-state index contributed by atoms with van der Waals surface area (Å²) >= 11 is 5.74. The maximum atomic E-state index is 12.2. The van der Waals surface area contributed by atoms with Crippen LogP contribution in [0, 0.1) is 0 Å². The number of aromatic hydroxyl groups is 1. The van der Waals surface area contributed by atoms with Crippen LogP contribution in [0.25, 0.3) is 0 Å². The monoisotopic (exact) mass is 384 g/mol. The van der Waals surface area contributed by atoms with Gasteiger partial charge in [-0.15, -0.1) is 0 Å². The Morgan fingerprint density at radius 3 is 2.36 bits per heavy atom. The van der Waals surface area contributed by atoms with Crippen molar-refractivity contribution in [3.8, 4) is 11.5 Å². The van der Waals surface area contributed by atoms with Crippen molar-refractivity contribution in [2.45, 2.75) is 17.7 Å². The Morgan fingerprint density at radius 2 is 1.76 bits per heavy atom. The fraction of sp³-hybridized carbons (Fsp3) is 0.235. The van der Waals surface area contributed by atoms with Crippen molar-refractivity contribution in [2.24, 2.45) is 0 Å². The first-order valence-electron chi connectivity index (χ1n) is 7.47. The summed E-state index contributed by atoms with van der Waals surface area (Å²) in [6.07, 6.45) is 0.901. The lowest BCUT2D eigenvalue weighted by molar-refractivity contribution is 0.0693. The van der Waals surface area contributed by atoms with Gasteiger partial charge in [-0.3, -0.25) is 0 Å². The van der Waals surface area contributed by atoms with E-state index < -0.39 is 15.8 Å². The molecule has 0 aromatic heterocycles. The summed E-state index contributed by atoms with van der Waals surface area (Å²) < 4.78 is 29.7. The fourth-order valence-electron chi connectivity index (χ4n) is 2.13. The number of benzene rings is 2. The number of phenols is 1. The van der Waals surface area contributed by atoms with Crippen molar-refractivity contribution in [3.05, 3.63) is 53.1 Å². The Bertz CT molecular complexity index is 846. The largest absolute Gasteiger partial charge is 0.507 e. The third-order valence-electron chi connectivity index (χ3n) is 3.45. The molecule has 25 heavy (non-hydrogen) atoms. The average Bonchev–Trinajstić information content (AvgIpc) is 2.54. The first-order chi connectivity index (χ1) is 11.8. The summed E-state index contributed by atoms with van der Waals surface area (Å²) in [5.41, 5.74) is -0.207. The summed E-state index contributed by atoms with van der Waals surface area (Å²) in [5, 5.41) is 18.9. The van der Waals surface area contributed by atoms with Gasteiger partial charge in [-0.05, 0) is 49.2 Å². The van der Waals surface area contributed by atoms with Gasteiger partial charge in [0.2, 0.25) is 0 Å². The maximum absolute atomic E-state index is 12.2. The van der Waals surface area contributed by atoms with Gasteiger partial charge in [0, 0.05) is 11.1 Å². The lowest BCUT2D eigenvalue weighted by Crippen LogP contribution is -2.08. The Kier molecular flexibility index (Phi) is 6.27. The summed E-state index contributed by atoms with van der Waals surface area (Å²) in [4.78, 5) is 11.0. The molecule has 0 heterocycles. The SMILES string of the molecule is O=C(O)c1ccc(OCCCCS(=O)(=O)c2ccc(Cl)cc2)cc1O. The zero-order valence-electron chi connectivity index (χ0n) is 13.2. The van der Waals surface area contributed by atoms with E-state index in [1.165, 1.54) is 42.5 Å². The van der Waals surface area contributed by atoms with Crippen LogP contribution in [0.1, 0.15) is 23.2 Å². The van der Waals surface area contributed by atoms with Crippen LogP contribution in [0.4, 0.5) is 0 Å². The first-order valence-corrected chi connectivity index (χ1v) is 9.50. The van der Waals surface area contributed by atoms with Crippen LogP contribution in [-0.2, 0) is 9.84 Å². The molecule has 6 nitrogen and oxygen atoms in total. The van der Waals surface area contributed by atoms with Crippen molar-refractivity contribution >= 4 is 27.4 Å². The number of unbranched alkanes of at least 4 members (excludes halogenated alkanes) is 1. The van der Waals surface area contributed by atoms with Gasteiger partial charge in [-0.1, -0.05) is 11.6 Å². The highest BCUT2D eigenvalue weighted by molar-refractivity contribution is 7.91. The van der Waals surface area contributed by atoms with Gasteiger partial charge >= 0.3 is 5.97 Å². The van der Waals surface area contributed by atoms with Gasteiger partial charge in [0.15, 0.2) is 9.84 Å². The second-order valence-electron chi connectivity index (χ2n) is 5.31. The normalized spacial score (nSPS) is 11.2. The highest BCUT2D eigenvalue weighted by Gasteiger charge is 2.14. The Labute approximate surface area is 150 Å². The third-order valence-corrected chi connectivity index (χ3v) is 5.52. The highest BCUT2D eigenvalue weighted by atomic mass is 35.5. The van der Waals surface area contributed by atoms with Crippen molar-refractivity contribution in [2.75, 3.05) is 12.4 Å². The van der Waals surface area contributed by atoms with Gasteiger partial charge < -0.3 is 14.9 Å². The predicted octanol–water partition coefficient (Wildman–Crippen LogP) is 3.38. The Balaban J connectivity index is 1.80. The maximum Gasteiger partial charge on any atom is 0.339 e. The molecule has 2 rings (SSSR count). The number of carboxylic acid groups (broad SMARTS) is 1. The number of carboxylic acids is 1. The number of rotatable bonds is 8. The molecule has 8 heteroatoms. The van der Waals surface area contributed by atoms with Gasteiger partial charge in [-0.25, -0.2) is 13.2 Å². The van der Waals surface area contributed by atoms with Crippen molar-refractivity contribution in [1.29, 1.82) is 0 Å². The molecule has 0 aliphatic carbocycles. The van der Waals surface area contributed by atoms with Crippen LogP contribution < -0.4 is 4.74 Å². The van der Waals surface area contributed by atoms with Crippen LogP contribution in [0.15, 0.2) is 47.4 Å². The van der Waals surface area contributed by atoms with E-state index in [9.17, 15) is 18.3 Å². The molecule has 0 aliphatic heterocycles. The minimum atomic E-state index is -3.36. The van der Waals surface area contributed by atoms with Crippen LogP contribution in [0.2, 0.25) is 5.02 Å². The number of halogens is 1. The summed E-state index contributed by atoms with van der Waals surface area (Å²) in [6.45, 7) is 0.252. The molecule has 0 radical (unpaired) electrons. The van der Waals surface area contributed by atoms with Crippen molar-refractivity contribution < 1.29 is 28.2 Å². The summed E-state index contributed by atoms with van der Waals surface area (Å²) in [7, 11) is -3.36. The van der Waals surface area contributed by atoms with E-state index in [0.29, 0.717) is 23.6 Å². The zero-order chi connectivity index (χ0) is 18.4. The minimum absolute atomic E-state index is 0.0127. The standard InChI is InChI=1S/C17H17ClO6S/c18-12-3-6-14(7-4-12)25(22,23)10-2-1-9-24-13-5-8-15(17(20)21)16(19)11-13/h3-8,11,19H,1-2,9-10H2,(H,20,21). The number of aromatic carboxylic acids is 1. The second-order valence-corrected chi connectivity index (χ2v) is 7.86. The quantitative estimate of drug-likeness (QED) is 0.676. The van der Waals surface area contributed by atoms with Gasteiger partial charge in [0.1, 0.15) is 17.1 Å². The Morgan fingerprint density at radius 1 is 1.08 bits per heavy atom. The van der Waals surface area contributed by atoms with Gasteiger partial charge in [0.25, 0.3) is 0 Å². The van der Waals surface area contributed by atoms with E-state index in [0.717, 1.165) is 0 Å². The van der Waals surface area contributed by atoms with Crippen LogP contribution in [-0.4, -0.2) is 37.0 Å². The van der Waals surface area contributed by atoms with E-state index in [4.69, 9.17) is 21.4 Å². The molecule has 0 unspecified atom stereocenters. The molecule has 0 fully saturated rings. The van der Waals surface area contributed by atoms with Crippen molar-refractivity contribution in [1.82, 2.24) is 0 Å². The van der Waals surface area contributed by atoms with Crippen molar-refractivity contribution in [3.63, 3.8) is 0 Å². The molecular weight excluding hydrogens is 368 g/mol. The molecule has 2 aromatic rings. The molecule has 0 spiro atoms. The fourth-order valence-corrected chi connectivity index (χ4v) is 3.62. The Hall–Kier alpha value is -2.25. The van der Waals surface area contributed by atoms with E-state index in [1.807, 2.05) is 0 Å². The zero-order valence-corrected chi connectivity index (χ0v) is 14.8. The van der Waals surface area contributed by atoms with E-state index >= 15 is 0 Å². The third kappa shape index (κ3) is 5.37. The second kappa shape index (κ2) is 8.22. The number of ether oxygens (including phenoxy) is 1. The lowest BCUT2D eigenvalue weighted by atomic mass is 10.2. The molecule has 0 aliphatic rings. The minimum Gasteiger partial charge on any atom is -0.507 e. The average molecular weight is 385 g/mol. The van der Waals surface area contributed by atoms with Crippen LogP contribution in [0.5, 0.6) is 11.5 Å². The first kappa shape index (κ1) is 19.1. The smallest absolute Gasteiger partial charge is 0.339 e. The molecule has 0 saturated heterocycles. The van der Waals surface area contributed by atoms with Crippen LogP contribution in [0.3, 0.4) is 0 Å². The lowest BCUT2D eigenvalue weighted by Gasteiger charge is -2.08. The van der Waals surface area contributed by atoms with E-state index in [-0.39, 0.29) is 28.6 Å². The molecule has 2 aromatic carbocycles. The molecule has 2 N–H and O–H groups in total. The molecule has 0 saturated carbocycles. The molecule has 0 bridgehead atoms. The van der Waals surface area contributed by atoms with E-state index in [2.05, 4.69) is 0 Å². The summed E-state index contributed by atoms with van der Waals surface area (Å²) in [5.74, 6) is -1.30.